The molecular formula is C22H24N2O3S2. The van der Waals surface area contributed by atoms with Crippen LogP contribution in [0.4, 0.5) is 0 Å². The van der Waals surface area contributed by atoms with Gasteiger partial charge in [0.25, 0.3) is 5.91 Å². The van der Waals surface area contributed by atoms with E-state index < -0.39 is 10.0 Å². The molecule has 0 aliphatic carbocycles. The molecule has 0 aliphatic heterocycles. The summed E-state index contributed by atoms with van der Waals surface area (Å²) in [4.78, 5) is 15.7. The molecule has 7 heteroatoms. The Morgan fingerprint density at radius 3 is 2.41 bits per heavy atom. The minimum absolute atomic E-state index is 0.125. The van der Waals surface area contributed by atoms with E-state index in [1.165, 1.54) is 6.07 Å². The van der Waals surface area contributed by atoms with Crippen molar-refractivity contribution >= 4 is 27.3 Å². The first-order valence-electron chi connectivity index (χ1n) is 9.20. The van der Waals surface area contributed by atoms with Crippen molar-refractivity contribution in [1.29, 1.82) is 0 Å². The van der Waals surface area contributed by atoms with E-state index in [-0.39, 0.29) is 17.3 Å². The third-order valence-corrected chi connectivity index (χ3v) is 7.28. The molecule has 0 aliphatic rings. The van der Waals surface area contributed by atoms with Crippen molar-refractivity contribution in [1.82, 2.24) is 9.62 Å². The third kappa shape index (κ3) is 5.12. The summed E-state index contributed by atoms with van der Waals surface area (Å²) in [7, 11) is -2.02. The molecule has 5 nitrogen and oxygen atoms in total. The Hall–Kier alpha value is -2.48. The van der Waals surface area contributed by atoms with Crippen molar-refractivity contribution in [3.8, 4) is 0 Å². The number of amides is 1. The van der Waals surface area contributed by atoms with Gasteiger partial charge in [-0.2, -0.15) is 0 Å². The number of nitrogens with zero attached hydrogens (tertiary/aromatic N) is 1. The molecule has 3 rings (SSSR count). The van der Waals surface area contributed by atoms with Crippen molar-refractivity contribution in [2.45, 2.75) is 31.8 Å². The fraction of sp³-hybridized carbons (Fsp3) is 0.227. The molecule has 29 heavy (non-hydrogen) atoms. The first-order valence-corrected chi connectivity index (χ1v) is 11.6. The van der Waals surface area contributed by atoms with E-state index in [0.717, 1.165) is 16.0 Å². The largest absolute Gasteiger partial charge is 0.337 e. The molecule has 3 aromatic rings. The Kier molecular flexibility index (Phi) is 6.52. The lowest BCUT2D eigenvalue weighted by Gasteiger charge is -2.18. The normalized spacial score (nSPS) is 11.4. The van der Waals surface area contributed by atoms with Gasteiger partial charge >= 0.3 is 0 Å². The zero-order valence-electron chi connectivity index (χ0n) is 16.7. The number of hydrogen-bond acceptors (Lipinski definition) is 4. The second-order valence-electron chi connectivity index (χ2n) is 6.98. The highest BCUT2D eigenvalue weighted by molar-refractivity contribution is 7.89. The average molecular weight is 429 g/mol. The molecule has 0 saturated heterocycles. The molecule has 1 amide bonds. The number of aryl methyl sites for hydroxylation is 2. The molecule has 1 N–H and O–H groups in total. The lowest BCUT2D eigenvalue weighted by Crippen LogP contribution is -2.27. The first kappa shape index (κ1) is 21.2. The van der Waals surface area contributed by atoms with Gasteiger partial charge in [0.1, 0.15) is 0 Å². The van der Waals surface area contributed by atoms with Gasteiger partial charge in [0.05, 0.1) is 11.4 Å². The van der Waals surface area contributed by atoms with Crippen molar-refractivity contribution in [2.24, 2.45) is 0 Å². The van der Waals surface area contributed by atoms with E-state index in [1.807, 2.05) is 48.7 Å². The van der Waals surface area contributed by atoms with Gasteiger partial charge in [-0.15, -0.1) is 11.3 Å². The number of sulfonamides is 1. The van der Waals surface area contributed by atoms with Crippen LogP contribution >= 0.6 is 11.3 Å². The molecule has 0 unspecified atom stereocenters. The SMILES string of the molecule is Cc1ccc(C(=O)N(C)Cc2sccc2C)cc1S(=O)(=O)NCc1ccccc1. The Balaban J connectivity index is 1.79. The minimum atomic E-state index is -3.75. The monoisotopic (exact) mass is 428 g/mol. The van der Waals surface area contributed by atoms with Crippen molar-refractivity contribution in [2.75, 3.05) is 7.05 Å². The van der Waals surface area contributed by atoms with Crippen LogP contribution in [0, 0.1) is 13.8 Å². The molecule has 152 valence electrons. The molecule has 0 atom stereocenters. The van der Waals surface area contributed by atoms with Gasteiger partial charge in [0, 0.05) is 24.0 Å². The molecule has 0 fully saturated rings. The Bertz CT molecular complexity index is 1110. The fourth-order valence-corrected chi connectivity index (χ4v) is 5.19. The van der Waals surface area contributed by atoms with Crippen LogP contribution in [0.1, 0.15) is 31.9 Å². The van der Waals surface area contributed by atoms with Gasteiger partial charge in [-0.05, 0) is 54.1 Å². The summed E-state index contributed by atoms with van der Waals surface area (Å²) in [6.07, 6.45) is 0. The Morgan fingerprint density at radius 1 is 1.03 bits per heavy atom. The van der Waals surface area contributed by atoms with Gasteiger partial charge in [-0.25, -0.2) is 13.1 Å². The first-order chi connectivity index (χ1) is 13.8. The summed E-state index contributed by atoms with van der Waals surface area (Å²) in [5, 5.41) is 2.00. The van der Waals surface area contributed by atoms with Crippen molar-refractivity contribution in [3.63, 3.8) is 0 Å². The Morgan fingerprint density at radius 2 is 1.76 bits per heavy atom. The van der Waals surface area contributed by atoms with Gasteiger partial charge in [-0.3, -0.25) is 4.79 Å². The summed E-state index contributed by atoms with van der Waals surface area (Å²) in [5.74, 6) is -0.211. The maximum atomic E-state index is 12.9. The van der Waals surface area contributed by atoms with Gasteiger partial charge in [0.2, 0.25) is 10.0 Å². The molecule has 0 radical (unpaired) electrons. The van der Waals surface area contributed by atoms with Gasteiger partial charge in [0.15, 0.2) is 0 Å². The van der Waals surface area contributed by atoms with E-state index in [4.69, 9.17) is 0 Å². The van der Waals surface area contributed by atoms with Gasteiger partial charge < -0.3 is 4.90 Å². The predicted octanol–water partition coefficient (Wildman–Crippen LogP) is 4.12. The van der Waals surface area contributed by atoms with E-state index in [9.17, 15) is 13.2 Å². The number of benzene rings is 2. The molecule has 0 saturated carbocycles. The molecule has 1 heterocycles. The van der Waals surface area contributed by atoms with Gasteiger partial charge in [-0.1, -0.05) is 36.4 Å². The molecule has 0 bridgehead atoms. The zero-order valence-corrected chi connectivity index (χ0v) is 18.3. The van der Waals surface area contributed by atoms with Crippen molar-refractivity contribution in [3.05, 3.63) is 87.1 Å². The van der Waals surface area contributed by atoms with Crippen molar-refractivity contribution < 1.29 is 13.2 Å². The van der Waals surface area contributed by atoms with Crippen LogP contribution in [0.25, 0.3) is 0 Å². The van der Waals surface area contributed by atoms with Crippen LogP contribution in [0.3, 0.4) is 0 Å². The topological polar surface area (TPSA) is 66.5 Å². The van der Waals surface area contributed by atoms with E-state index in [1.54, 1.807) is 42.3 Å². The third-order valence-electron chi connectivity index (χ3n) is 4.73. The molecule has 0 spiro atoms. The highest BCUT2D eigenvalue weighted by atomic mass is 32.2. The van der Waals surface area contributed by atoms with Crippen LogP contribution in [-0.2, 0) is 23.1 Å². The van der Waals surface area contributed by atoms with Crippen LogP contribution in [0.2, 0.25) is 0 Å². The quantitative estimate of drug-likeness (QED) is 0.616. The van der Waals surface area contributed by atoms with E-state index >= 15 is 0 Å². The van der Waals surface area contributed by atoms with Crippen LogP contribution in [-0.4, -0.2) is 26.3 Å². The molecule has 1 aromatic heterocycles. The standard InChI is InChI=1S/C22H24N2O3S2/c1-16-11-12-28-20(16)15-24(3)22(25)19-10-9-17(2)21(13-19)29(26,27)23-14-18-7-5-4-6-8-18/h4-13,23H,14-15H2,1-3H3. The van der Waals surface area contributed by atoms with E-state index in [0.29, 0.717) is 17.7 Å². The summed E-state index contributed by atoms with van der Waals surface area (Å²) in [6.45, 7) is 4.42. The summed E-state index contributed by atoms with van der Waals surface area (Å²) >= 11 is 1.61. The fourth-order valence-electron chi connectivity index (χ4n) is 2.95. The Labute approximate surface area is 176 Å². The highest BCUT2D eigenvalue weighted by Crippen LogP contribution is 2.21. The number of carbonyl (C=O) groups excluding carboxylic acids is 1. The molecular weight excluding hydrogens is 404 g/mol. The van der Waals surface area contributed by atoms with E-state index in [2.05, 4.69) is 4.72 Å². The maximum absolute atomic E-state index is 12.9. The van der Waals surface area contributed by atoms with Crippen LogP contribution < -0.4 is 4.72 Å². The number of nitrogens with one attached hydrogen (secondary N) is 1. The van der Waals surface area contributed by atoms with Crippen LogP contribution in [0.5, 0.6) is 0 Å². The number of rotatable bonds is 7. The predicted molar refractivity (Wildman–Crippen MR) is 117 cm³/mol. The maximum Gasteiger partial charge on any atom is 0.253 e. The summed E-state index contributed by atoms with van der Waals surface area (Å²) in [6, 6.07) is 16.1. The summed E-state index contributed by atoms with van der Waals surface area (Å²) in [5.41, 5.74) is 2.96. The highest BCUT2D eigenvalue weighted by Gasteiger charge is 2.21. The zero-order chi connectivity index (χ0) is 21.0. The lowest BCUT2D eigenvalue weighted by molar-refractivity contribution is 0.0786. The number of carbonyl (C=O) groups is 1. The second-order valence-corrected chi connectivity index (χ2v) is 9.71. The second kappa shape index (κ2) is 8.90. The number of thiophene rings is 1. The number of hydrogen-bond donors (Lipinski definition) is 1. The average Bonchev–Trinajstić information content (AvgIpc) is 3.11. The minimum Gasteiger partial charge on any atom is -0.337 e. The summed E-state index contributed by atoms with van der Waals surface area (Å²) < 4.78 is 28.3. The lowest BCUT2D eigenvalue weighted by atomic mass is 10.1. The van der Waals surface area contributed by atoms with Crippen LogP contribution in [0.15, 0.2) is 64.9 Å². The smallest absolute Gasteiger partial charge is 0.253 e. The molecule has 2 aromatic carbocycles.